The largest absolute Gasteiger partial charge is 0.480 e. The van der Waals surface area contributed by atoms with E-state index in [1.807, 2.05) is 6.07 Å². The third-order valence-electron chi connectivity index (χ3n) is 2.49. The first-order chi connectivity index (χ1) is 8.20. The molecule has 2 N–H and O–H groups in total. The van der Waals surface area contributed by atoms with Crippen molar-refractivity contribution in [3.8, 4) is 0 Å². The first-order valence-electron chi connectivity index (χ1n) is 5.27. The van der Waals surface area contributed by atoms with Crippen LogP contribution in [0.15, 0.2) is 24.4 Å². The molecule has 3 atom stereocenters. The molecule has 17 heavy (non-hydrogen) atoms. The molecule has 0 bridgehead atoms. The van der Waals surface area contributed by atoms with Gasteiger partial charge in [-0.05, 0) is 12.1 Å². The molecule has 2 heterocycles. The molecule has 1 fully saturated rings. The highest BCUT2D eigenvalue weighted by molar-refractivity contribution is 5.73. The Bertz CT molecular complexity index is 384. The highest BCUT2D eigenvalue weighted by Crippen LogP contribution is 2.20. The predicted octanol–water partition coefficient (Wildman–Crippen LogP) is -0.00430. The fourth-order valence-corrected chi connectivity index (χ4v) is 1.54. The maximum Gasteiger partial charge on any atom is 0.321 e. The van der Waals surface area contributed by atoms with E-state index in [0.717, 1.165) is 5.69 Å². The van der Waals surface area contributed by atoms with Crippen LogP contribution < -0.4 is 5.32 Å². The zero-order valence-corrected chi connectivity index (χ0v) is 9.37. The smallest absolute Gasteiger partial charge is 0.321 e. The van der Waals surface area contributed by atoms with E-state index in [1.165, 1.54) is 7.11 Å². The van der Waals surface area contributed by atoms with E-state index in [9.17, 15) is 4.79 Å². The lowest BCUT2D eigenvalue weighted by atomic mass is 10.1. The molecule has 6 heteroatoms. The molecule has 1 aliphatic rings. The molecule has 3 unspecified atom stereocenters. The highest BCUT2D eigenvalue weighted by atomic mass is 16.8. The van der Waals surface area contributed by atoms with Crippen LogP contribution in [0.3, 0.4) is 0 Å². The zero-order chi connectivity index (χ0) is 12.3. The second-order valence-electron chi connectivity index (χ2n) is 3.74. The van der Waals surface area contributed by atoms with E-state index in [0.29, 0.717) is 6.42 Å². The number of ether oxygens (including phenoxy) is 2. The number of hydrogen-bond donors (Lipinski definition) is 2. The normalized spacial score (nSPS) is 24.3. The van der Waals surface area contributed by atoms with Gasteiger partial charge >= 0.3 is 5.97 Å². The second kappa shape index (κ2) is 5.22. The van der Waals surface area contributed by atoms with Crippen molar-refractivity contribution < 1.29 is 19.4 Å². The summed E-state index contributed by atoms with van der Waals surface area (Å²) in [6, 6.07) is 4.68. The Balaban J connectivity index is 1.92. The quantitative estimate of drug-likeness (QED) is 0.678. The van der Waals surface area contributed by atoms with Gasteiger partial charge in [0, 0.05) is 25.4 Å². The van der Waals surface area contributed by atoms with Crippen LogP contribution in [0.25, 0.3) is 0 Å². The molecule has 2 rings (SSSR count). The van der Waals surface area contributed by atoms with Crippen LogP contribution >= 0.6 is 0 Å². The van der Waals surface area contributed by atoms with Gasteiger partial charge in [-0.3, -0.25) is 15.1 Å². The number of aromatic nitrogens is 1. The van der Waals surface area contributed by atoms with Gasteiger partial charge in [0.2, 0.25) is 0 Å². The van der Waals surface area contributed by atoms with Crippen LogP contribution in [0.2, 0.25) is 0 Å². The number of carboxylic acid groups (broad SMARTS) is 1. The van der Waals surface area contributed by atoms with Gasteiger partial charge in [-0.1, -0.05) is 6.07 Å². The van der Waals surface area contributed by atoms with Crippen molar-refractivity contribution in [2.75, 3.05) is 7.11 Å². The maximum atomic E-state index is 11.1. The molecule has 1 aliphatic heterocycles. The minimum absolute atomic E-state index is 0.312. The van der Waals surface area contributed by atoms with Crippen LogP contribution in [0, 0.1) is 0 Å². The Morgan fingerprint density at radius 2 is 2.53 bits per heavy atom. The van der Waals surface area contributed by atoms with Crippen molar-refractivity contribution in [2.45, 2.75) is 25.0 Å². The summed E-state index contributed by atoms with van der Waals surface area (Å²) in [6.45, 7) is 0. The number of rotatable bonds is 6. The van der Waals surface area contributed by atoms with Crippen molar-refractivity contribution >= 4 is 5.97 Å². The van der Waals surface area contributed by atoms with Gasteiger partial charge in [0.05, 0.1) is 0 Å². The molecule has 6 nitrogen and oxygen atoms in total. The van der Waals surface area contributed by atoms with Crippen molar-refractivity contribution in [2.24, 2.45) is 0 Å². The van der Waals surface area contributed by atoms with Crippen molar-refractivity contribution in [3.63, 3.8) is 0 Å². The monoisotopic (exact) mass is 238 g/mol. The van der Waals surface area contributed by atoms with E-state index in [4.69, 9.17) is 14.6 Å². The zero-order valence-electron chi connectivity index (χ0n) is 9.37. The Labute approximate surface area is 98.6 Å². The summed E-state index contributed by atoms with van der Waals surface area (Å²) in [5.74, 6) is -0.930. The molecular formula is C11H14N2O4. The fourth-order valence-electron chi connectivity index (χ4n) is 1.54. The minimum Gasteiger partial charge on any atom is -0.480 e. The minimum atomic E-state index is -0.930. The Kier molecular flexibility index (Phi) is 3.68. The van der Waals surface area contributed by atoms with Gasteiger partial charge in [0.1, 0.15) is 6.04 Å². The third-order valence-corrected chi connectivity index (χ3v) is 2.49. The summed E-state index contributed by atoms with van der Waals surface area (Å²) in [5, 5.41) is 11.9. The van der Waals surface area contributed by atoms with E-state index < -0.39 is 12.0 Å². The number of methoxy groups -OCH3 is 1. The molecule has 1 aromatic rings. The number of carboxylic acids is 1. The van der Waals surface area contributed by atoms with Gasteiger partial charge in [0.25, 0.3) is 0 Å². The second-order valence-corrected chi connectivity index (χ2v) is 3.74. The van der Waals surface area contributed by atoms with Gasteiger partial charge in [-0.2, -0.15) is 0 Å². The molecule has 0 aliphatic carbocycles. The van der Waals surface area contributed by atoms with E-state index in [1.54, 1.807) is 18.3 Å². The molecule has 1 saturated heterocycles. The lowest BCUT2D eigenvalue weighted by Crippen LogP contribution is -2.41. The van der Waals surface area contributed by atoms with Crippen LogP contribution in [0.1, 0.15) is 5.69 Å². The number of carbonyl (C=O) groups is 1. The first-order valence-corrected chi connectivity index (χ1v) is 5.27. The predicted molar refractivity (Wildman–Crippen MR) is 58.2 cm³/mol. The molecule has 92 valence electrons. The van der Waals surface area contributed by atoms with Crippen molar-refractivity contribution in [1.82, 2.24) is 10.3 Å². The SMILES string of the molecule is COC1OC1NC(Cc1ccccn1)C(=O)O. The van der Waals surface area contributed by atoms with Gasteiger partial charge in [0.15, 0.2) is 12.5 Å². The average Bonchev–Trinajstić information content (AvgIpc) is 3.08. The summed E-state index contributed by atoms with van der Waals surface area (Å²) in [4.78, 5) is 15.2. The molecule has 0 saturated carbocycles. The summed E-state index contributed by atoms with van der Waals surface area (Å²) in [6.07, 6.45) is 1.26. The molecule has 0 aromatic carbocycles. The standard InChI is InChI=1S/C11H14N2O4/c1-16-11-9(17-11)13-8(10(14)15)6-7-4-2-3-5-12-7/h2-5,8-9,11,13H,6H2,1H3,(H,14,15). The van der Waals surface area contributed by atoms with Crippen LogP contribution in [0.5, 0.6) is 0 Å². The molecular weight excluding hydrogens is 224 g/mol. The van der Waals surface area contributed by atoms with E-state index in [-0.39, 0.29) is 12.5 Å². The molecule has 1 aromatic heterocycles. The summed E-state index contributed by atoms with van der Waals surface area (Å²) in [5.41, 5.74) is 0.724. The third kappa shape index (κ3) is 3.23. The summed E-state index contributed by atoms with van der Waals surface area (Å²) >= 11 is 0. The Morgan fingerprint density at radius 1 is 1.71 bits per heavy atom. The summed E-state index contributed by atoms with van der Waals surface area (Å²) in [7, 11) is 1.51. The lowest BCUT2D eigenvalue weighted by Gasteiger charge is -2.11. The fraction of sp³-hybridized carbons (Fsp3) is 0.455. The number of nitrogens with zero attached hydrogens (tertiary/aromatic N) is 1. The van der Waals surface area contributed by atoms with E-state index >= 15 is 0 Å². The topological polar surface area (TPSA) is 84.0 Å². The number of epoxide rings is 1. The van der Waals surface area contributed by atoms with Crippen molar-refractivity contribution in [3.05, 3.63) is 30.1 Å². The molecule has 0 radical (unpaired) electrons. The average molecular weight is 238 g/mol. The highest BCUT2D eigenvalue weighted by Gasteiger charge is 2.41. The first kappa shape index (κ1) is 12.0. The molecule has 0 amide bonds. The number of nitrogens with one attached hydrogen (secondary N) is 1. The summed E-state index contributed by atoms with van der Waals surface area (Å²) < 4.78 is 9.98. The van der Waals surface area contributed by atoms with Gasteiger partial charge < -0.3 is 14.6 Å². The van der Waals surface area contributed by atoms with Gasteiger partial charge in [-0.25, -0.2) is 0 Å². The van der Waals surface area contributed by atoms with Gasteiger partial charge in [-0.15, -0.1) is 0 Å². The lowest BCUT2D eigenvalue weighted by molar-refractivity contribution is -0.139. The van der Waals surface area contributed by atoms with E-state index in [2.05, 4.69) is 10.3 Å². The van der Waals surface area contributed by atoms with Crippen molar-refractivity contribution in [1.29, 1.82) is 0 Å². The van der Waals surface area contributed by atoms with Crippen LogP contribution in [-0.4, -0.2) is 41.7 Å². The van der Waals surface area contributed by atoms with Crippen LogP contribution in [0.4, 0.5) is 0 Å². The Morgan fingerprint density at radius 3 is 3.06 bits per heavy atom. The van der Waals surface area contributed by atoms with Crippen LogP contribution in [-0.2, 0) is 20.7 Å². The number of aliphatic carboxylic acids is 1. The molecule has 0 spiro atoms. The maximum absolute atomic E-state index is 11.1. The number of pyridine rings is 1. The Hall–Kier alpha value is -1.50. The number of hydrogen-bond acceptors (Lipinski definition) is 5.